The lowest BCUT2D eigenvalue weighted by Gasteiger charge is -2.31. The van der Waals surface area contributed by atoms with E-state index in [4.69, 9.17) is 0 Å². The molecule has 0 heterocycles. The molecule has 0 amide bonds. The van der Waals surface area contributed by atoms with Crippen molar-refractivity contribution in [1.29, 1.82) is 0 Å². The molecular formula is C16H17F3O. The minimum absolute atomic E-state index is 0.0434. The topological polar surface area (TPSA) is 20.2 Å². The third-order valence-electron chi connectivity index (χ3n) is 3.62. The van der Waals surface area contributed by atoms with Gasteiger partial charge in [0.1, 0.15) is 0 Å². The first-order valence-corrected chi connectivity index (χ1v) is 6.47. The third kappa shape index (κ3) is 2.29. The van der Waals surface area contributed by atoms with Crippen LogP contribution in [0.3, 0.4) is 0 Å². The standard InChI is InChI=1S/C16H17F3O/c1-10(2)12-9-8-11-6-4-5-7-13(11)14(12)15(3,20)16(17,18)19/h4-10,20H,1-3H3. The molecule has 2 rings (SSSR count). The van der Waals surface area contributed by atoms with E-state index >= 15 is 0 Å². The first-order chi connectivity index (χ1) is 9.16. The van der Waals surface area contributed by atoms with Crippen LogP contribution in [-0.2, 0) is 5.60 Å². The van der Waals surface area contributed by atoms with Gasteiger partial charge in [-0.3, -0.25) is 0 Å². The molecule has 1 atom stereocenters. The normalized spacial score (nSPS) is 15.6. The number of benzene rings is 2. The fourth-order valence-corrected chi connectivity index (χ4v) is 2.45. The maximum atomic E-state index is 13.2. The zero-order valence-corrected chi connectivity index (χ0v) is 11.6. The Balaban J connectivity index is 2.87. The van der Waals surface area contributed by atoms with Crippen molar-refractivity contribution < 1.29 is 18.3 Å². The molecule has 4 heteroatoms. The van der Waals surface area contributed by atoms with Crippen molar-refractivity contribution in [2.24, 2.45) is 0 Å². The predicted molar refractivity (Wildman–Crippen MR) is 73.7 cm³/mol. The van der Waals surface area contributed by atoms with Crippen molar-refractivity contribution in [1.82, 2.24) is 0 Å². The molecule has 0 aliphatic carbocycles. The van der Waals surface area contributed by atoms with Gasteiger partial charge in [-0.1, -0.05) is 50.2 Å². The quantitative estimate of drug-likeness (QED) is 0.844. The fourth-order valence-electron chi connectivity index (χ4n) is 2.45. The third-order valence-corrected chi connectivity index (χ3v) is 3.62. The summed E-state index contributed by atoms with van der Waals surface area (Å²) in [6.07, 6.45) is -4.72. The van der Waals surface area contributed by atoms with E-state index < -0.39 is 11.8 Å². The zero-order valence-electron chi connectivity index (χ0n) is 11.6. The van der Waals surface area contributed by atoms with Crippen LogP contribution in [0.25, 0.3) is 10.8 Å². The van der Waals surface area contributed by atoms with Crippen LogP contribution in [0.2, 0.25) is 0 Å². The zero-order chi connectivity index (χ0) is 15.1. The van der Waals surface area contributed by atoms with Gasteiger partial charge in [-0.25, -0.2) is 0 Å². The highest BCUT2D eigenvalue weighted by molar-refractivity contribution is 5.88. The largest absolute Gasteiger partial charge is 0.421 e. The molecule has 2 aromatic carbocycles. The molecule has 1 nitrogen and oxygen atoms in total. The van der Waals surface area contributed by atoms with E-state index in [0.29, 0.717) is 16.3 Å². The summed E-state index contributed by atoms with van der Waals surface area (Å²) in [5.41, 5.74) is -2.39. The van der Waals surface area contributed by atoms with Crippen molar-refractivity contribution in [3.63, 3.8) is 0 Å². The van der Waals surface area contributed by atoms with E-state index in [9.17, 15) is 18.3 Å². The fraction of sp³-hybridized carbons (Fsp3) is 0.375. The first-order valence-electron chi connectivity index (χ1n) is 6.47. The highest BCUT2D eigenvalue weighted by Crippen LogP contribution is 2.44. The van der Waals surface area contributed by atoms with Gasteiger partial charge in [-0.15, -0.1) is 0 Å². The van der Waals surface area contributed by atoms with E-state index in [1.807, 2.05) is 13.8 Å². The van der Waals surface area contributed by atoms with Crippen molar-refractivity contribution in [2.45, 2.75) is 38.5 Å². The van der Waals surface area contributed by atoms with Crippen LogP contribution in [0, 0.1) is 0 Å². The van der Waals surface area contributed by atoms with E-state index in [2.05, 4.69) is 0 Å². The van der Waals surface area contributed by atoms with Gasteiger partial charge in [0.25, 0.3) is 0 Å². The minimum atomic E-state index is -4.72. The van der Waals surface area contributed by atoms with Crippen LogP contribution < -0.4 is 0 Å². The Kier molecular flexibility index (Phi) is 3.54. The summed E-state index contributed by atoms with van der Waals surface area (Å²) in [5.74, 6) is -0.108. The monoisotopic (exact) mass is 282 g/mol. The Morgan fingerprint density at radius 3 is 2.15 bits per heavy atom. The number of halogens is 3. The first kappa shape index (κ1) is 14.9. The van der Waals surface area contributed by atoms with Gasteiger partial charge in [0.2, 0.25) is 0 Å². The van der Waals surface area contributed by atoms with Crippen LogP contribution in [0.1, 0.15) is 37.8 Å². The number of hydrogen-bond donors (Lipinski definition) is 1. The summed E-state index contributed by atoms with van der Waals surface area (Å²) in [7, 11) is 0. The average Bonchev–Trinajstić information content (AvgIpc) is 2.35. The summed E-state index contributed by atoms with van der Waals surface area (Å²) in [6, 6.07) is 10.3. The van der Waals surface area contributed by atoms with Crippen molar-refractivity contribution >= 4 is 10.8 Å². The van der Waals surface area contributed by atoms with E-state index in [0.717, 1.165) is 6.92 Å². The molecule has 0 aromatic heterocycles. The van der Waals surface area contributed by atoms with Gasteiger partial charge in [0.15, 0.2) is 5.60 Å². The summed E-state index contributed by atoms with van der Waals surface area (Å²) in [5, 5.41) is 11.3. The molecule has 0 saturated heterocycles. The number of aliphatic hydroxyl groups is 1. The van der Waals surface area contributed by atoms with Crippen molar-refractivity contribution in [2.75, 3.05) is 0 Å². The second kappa shape index (κ2) is 4.77. The van der Waals surface area contributed by atoms with Gasteiger partial charge in [-0.05, 0) is 29.2 Å². The molecule has 0 spiro atoms. The maximum Gasteiger partial charge on any atom is 0.421 e. The minimum Gasteiger partial charge on any atom is -0.376 e. The molecule has 0 aliphatic heterocycles. The van der Waals surface area contributed by atoms with Crippen LogP contribution in [-0.4, -0.2) is 11.3 Å². The number of fused-ring (bicyclic) bond motifs is 1. The predicted octanol–water partition coefficient (Wildman–Crippen LogP) is 4.73. The highest BCUT2D eigenvalue weighted by atomic mass is 19.4. The van der Waals surface area contributed by atoms with E-state index in [1.54, 1.807) is 36.4 Å². The molecule has 0 radical (unpaired) electrons. The lowest BCUT2D eigenvalue weighted by atomic mass is 9.82. The Labute approximate surface area is 116 Å². The molecule has 2 aromatic rings. The molecule has 1 N–H and O–H groups in total. The molecule has 0 bridgehead atoms. The summed E-state index contributed by atoms with van der Waals surface area (Å²) >= 11 is 0. The smallest absolute Gasteiger partial charge is 0.376 e. The number of rotatable bonds is 2. The molecule has 0 saturated carbocycles. The maximum absolute atomic E-state index is 13.2. The summed E-state index contributed by atoms with van der Waals surface area (Å²) in [4.78, 5) is 0. The average molecular weight is 282 g/mol. The van der Waals surface area contributed by atoms with Gasteiger partial charge in [0, 0.05) is 5.56 Å². The Hall–Kier alpha value is -1.55. The lowest BCUT2D eigenvalue weighted by Crippen LogP contribution is -2.40. The second-order valence-corrected chi connectivity index (χ2v) is 5.48. The lowest BCUT2D eigenvalue weighted by molar-refractivity contribution is -0.258. The van der Waals surface area contributed by atoms with Crippen LogP contribution in [0.15, 0.2) is 36.4 Å². The SMILES string of the molecule is CC(C)c1ccc2ccccc2c1C(C)(O)C(F)(F)F. The molecule has 0 fully saturated rings. The van der Waals surface area contributed by atoms with E-state index in [-0.39, 0.29) is 11.5 Å². The van der Waals surface area contributed by atoms with Crippen molar-refractivity contribution in [3.05, 3.63) is 47.5 Å². The Morgan fingerprint density at radius 2 is 1.60 bits per heavy atom. The van der Waals surface area contributed by atoms with Gasteiger partial charge >= 0.3 is 6.18 Å². The number of alkyl halides is 3. The van der Waals surface area contributed by atoms with E-state index in [1.165, 1.54) is 0 Å². The van der Waals surface area contributed by atoms with Gasteiger partial charge in [-0.2, -0.15) is 13.2 Å². The summed E-state index contributed by atoms with van der Waals surface area (Å²) in [6.45, 7) is 4.46. The van der Waals surface area contributed by atoms with Gasteiger partial charge < -0.3 is 5.11 Å². The molecule has 0 aliphatic rings. The summed E-state index contributed by atoms with van der Waals surface area (Å²) < 4.78 is 39.7. The molecule has 1 unspecified atom stereocenters. The molecular weight excluding hydrogens is 265 g/mol. The second-order valence-electron chi connectivity index (χ2n) is 5.48. The van der Waals surface area contributed by atoms with Crippen LogP contribution >= 0.6 is 0 Å². The Morgan fingerprint density at radius 1 is 1.00 bits per heavy atom. The Bertz CT molecular complexity index is 627. The molecule has 108 valence electrons. The van der Waals surface area contributed by atoms with Crippen LogP contribution in [0.4, 0.5) is 13.2 Å². The van der Waals surface area contributed by atoms with Crippen molar-refractivity contribution in [3.8, 4) is 0 Å². The van der Waals surface area contributed by atoms with Gasteiger partial charge in [0.05, 0.1) is 0 Å². The number of hydrogen-bond acceptors (Lipinski definition) is 1. The highest BCUT2D eigenvalue weighted by Gasteiger charge is 2.52. The van der Waals surface area contributed by atoms with Crippen LogP contribution in [0.5, 0.6) is 0 Å². The molecule has 20 heavy (non-hydrogen) atoms.